The highest BCUT2D eigenvalue weighted by atomic mass is 16.5. The van der Waals surface area contributed by atoms with Crippen LogP contribution in [0.1, 0.15) is 5.56 Å². The molecule has 1 aromatic rings. The number of hydrogen-bond donors (Lipinski definition) is 1. The van der Waals surface area contributed by atoms with E-state index in [2.05, 4.69) is 5.16 Å². The molecule has 16 heavy (non-hydrogen) atoms. The maximum atomic E-state index is 11.7. The molecule has 84 valence electrons. The van der Waals surface area contributed by atoms with Crippen LogP contribution in [0.5, 0.6) is 0 Å². The van der Waals surface area contributed by atoms with E-state index in [4.69, 9.17) is 9.94 Å². The van der Waals surface area contributed by atoms with Crippen molar-refractivity contribution in [2.45, 2.75) is 6.54 Å². The number of ether oxygens (including phenoxy) is 1. The zero-order valence-electron chi connectivity index (χ0n) is 8.67. The van der Waals surface area contributed by atoms with Crippen molar-refractivity contribution in [3.8, 4) is 0 Å². The molecule has 1 saturated heterocycles. The molecule has 0 saturated carbocycles. The van der Waals surface area contributed by atoms with Gasteiger partial charge in [0, 0.05) is 6.54 Å². The van der Waals surface area contributed by atoms with Crippen LogP contribution in [0.25, 0.3) is 0 Å². The number of amides is 1. The van der Waals surface area contributed by atoms with Crippen LogP contribution >= 0.6 is 0 Å². The fourth-order valence-corrected chi connectivity index (χ4v) is 1.58. The molecule has 2 rings (SSSR count). The summed E-state index contributed by atoms with van der Waals surface area (Å²) >= 11 is 0. The number of oxime groups is 1. The lowest BCUT2D eigenvalue weighted by Crippen LogP contribution is -2.44. The van der Waals surface area contributed by atoms with Crippen LogP contribution in [0.2, 0.25) is 0 Å². The smallest absolute Gasteiger partial charge is 0.316 e. The molecule has 5 heteroatoms. The molecule has 0 unspecified atom stereocenters. The van der Waals surface area contributed by atoms with Gasteiger partial charge < -0.3 is 14.8 Å². The molecule has 1 aromatic carbocycles. The molecule has 0 bridgehead atoms. The first-order valence-electron chi connectivity index (χ1n) is 4.99. The average molecular weight is 220 g/mol. The van der Waals surface area contributed by atoms with E-state index in [1.165, 1.54) is 0 Å². The highest BCUT2D eigenvalue weighted by Crippen LogP contribution is 2.08. The second-order valence-corrected chi connectivity index (χ2v) is 3.47. The number of carbonyl (C=O) groups is 1. The van der Waals surface area contributed by atoms with E-state index in [1.807, 2.05) is 30.3 Å². The monoisotopic (exact) mass is 220 g/mol. The van der Waals surface area contributed by atoms with Crippen molar-refractivity contribution in [2.24, 2.45) is 5.16 Å². The van der Waals surface area contributed by atoms with Crippen molar-refractivity contribution in [2.75, 3.05) is 13.2 Å². The summed E-state index contributed by atoms with van der Waals surface area (Å²) in [6.45, 7) is 1.37. The summed E-state index contributed by atoms with van der Waals surface area (Å²) in [6, 6.07) is 9.64. The maximum Gasteiger partial charge on any atom is 0.316 e. The lowest BCUT2D eigenvalue weighted by molar-refractivity contribution is -0.129. The lowest BCUT2D eigenvalue weighted by atomic mass is 10.2. The molecule has 0 spiro atoms. The fourth-order valence-electron chi connectivity index (χ4n) is 1.58. The third-order valence-electron chi connectivity index (χ3n) is 2.38. The van der Waals surface area contributed by atoms with Gasteiger partial charge in [0.15, 0.2) is 0 Å². The zero-order chi connectivity index (χ0) is 11.4. The van der Waals surface area contributed by atoms with Crippen LogP contribution in [0.15, 0.2) is 35.5 Å². The standard InChI is InChI=1S/C11H12N2O3/c14-11-10(12-15)16-7-6-13(11)8-9-4-2-1-3-5-9/h1-5,15H,6-8H2/b12-10+. The van der Waals surface area contributed by atoms with Gasteiger partial charge in [-0.15, -0.1) is 0 Å². The summed E-state index contributed by atoms with van der Waals surface area (Å²) in [6.07, 6.45) is 0. The second kappa shape index (κ2) is 4.65. The van der Waals surface area contributed by atoms with E-state index in [1.54, 1.807) is 4.90 Å². The Morgan fingerprint density at radius 1 is 1.38 bits per heavy atom. The molecule has 0 atom stereocenters. The van der Waals surface area contributed by atoms with Gasteiger partial charge in [0.25, 0.3) is 0 Å². The number of hydrogen-bond acceptors (Lipinski definition) is 4. The lowest BCUT2D eigenvalue weighted by Gasteiger charge is -2.26. The van der Waals surface area contributed by atoms with E-state index in [-0.39, 0.29) is 11.8 Å². The quantitative estimate of drug-likeness (QED) is 0.593. The average Bonchev–Trinajstić information content (AvgIpc) is 2.33. The SMILES string of the molecule is O=C1/C(=N\O)OCCN1Cc1ccccc1. The number of rotatable bonds is 2. The summed E-state index contributed by atoms with van der Waals surface area (Å²) in [5.74, 6) is -0.611. The van der Waals surface area contributed by atoms with E-state index < -0.39 is 0 Å². The third-order valence-corrected chi connectivity index (χ3v) is 2.38. The van der Waals surface area contributed by atoms with Crippen LogP contribution < -0.4 is 0 Å². The predicted octanol–water partition coefficient (Wildman–Crippen LogP) is 0.833. The van der Waals surface area contributed by atoms with Crippen LogP contribution in [-0.2, 0) is 16.1 Å². The van der Waals surface area contributed by atoms with Crippen LogP contribution in [0.3, 0.4) is 0 Å². The number of nitrogens with zero attached hydrogens (tertiary/aromatic N) is 2. The molecular formula is C11H12N2O3. The highest BCUT2D eigenvalue weighted by molar-refractivity contribution is 6.35. The van der Waals surface area contributed by atoms with Crippen LogP contribution in [-0.4, -0.2) is 35.1 Å². The van der Waals surface area contributed by atoms with Crippen molar-refractivity contribution in [1.82, 2.24) is 4.90 Å². The van der Waals surface area contributed by atoms with Gasteiger partial charge in [-0.25, -0.2) is 0 Å². The second-order valence-electron chi connectivity index (χ2n) is 3.47. The van der Waals surface area contributed by atoms with Crippen molar-refractivity contribution in [3.05, 3.63) is 35.9 Å². The summed E-state index contributed by atoms with van der Waals surface area (Å²) < 4.78 is 4.92. The summed E-state index contributed by atoms with van der Waals surface area (Å²) in [4.78, 5) is 13.3. The molecular weight excluding hydrogens is 208 g/mol. The molecule has 0 radical (unpaired) electrons. The van der Waals surface area contributed by atoms with Crippen molar-refractivity contribution >= 4 is 11.8 Å². The Balaban J connectivity index is 2.08. The zero-order valence-corrected chi connectivity index (χ0v) is 8.67. The first-order valence-corrected chi connectivity index (χ1v) is 4.99. The maximum absolute atomic E-state index is 11.7. The minimum absolute atomic E-state index is 0.234. The third kappa shape index (κ3) is 2.13. The minimum Gasteiger partial charge on any atom is -0.470 e. The highest BCUT2D eigenvalue weighted by Gasteiger charge is 2.26. The van der Waals surface area contributed by atoms with Gasteiger partial charge in [-0.05, 0) is 10.7 Å². The molecule has 1 amide bonds. The molecule has 5 nitrogen and oxygen atoms in total. The molecule has 1 fully saturated rings. The Kier molecular flexibility index (Phi) is 3.05. The molecule has 1 heterocycles. The normalized spacial score (nSPS) is 18.6. The van der Waals surface area contributed by atoms with Crippen LogP contribution in [0, 0.1) is 0 Å². The Hall–Kier alpha value is -2.04. The topological polar surface area (TPSA) is 62.1 Å². The Labute approximate surface area is 92.9 Å². The van der Waals surface area contributed by atoms with Gasteiger partial charge in [0.1, 0.15) is 6.61 Å². The number of morpholine rings is 1. The van der Waals surface area contributed by atoms with Crippen molar-refractivity contribution in [3.63, 3.8) is 0 Å². The predicted molar refractivity (Wildman–Crippen MR) is 57.0 cm³/mol. The van der Waals surface area contributed by atoms with Crippen molar-refractivity contribution < 1.29 is 14.7 Å². The van der Waals surface area contributed by atoms with Crippen LogP contribution in [0.4, 0.5) is 0 Å². The number of benzene rings is 1. The number of carbonyl (C=O) groups excluding carboxylic acids is 1. The van der Waals surface area contributed by atoms with Gasteiger partial charge >= 0.3 is 11.8 Å². The van der Waals surface area contributed by atoms with Gasteiger partial charge in [-0.2, -0.15) is 0 Å². The largest absolute Gasteiger partial charge is 0.470 e. The summed E-state index contributed by atoms with van der Waals surface area (Å²) in [5, 5.41) is 11.4. The van der Waals surface area contributed by atoms with Gasteiger partial charge in [0.05, 0.1) is 6.54 Å². The van der Waals surface area contributed by atoms with E-state index in [9.17, 15) is 4.79 Å². The Morgan fingerprint density at radius 2 is 2.12 bits per heavy atom. The van der Waals surface area contributed by atoms with Gasteiger partial charge in [-0.1, -0.05) is 30.3 Å². The first kappa shape index (κ1) is 10.5. The molecule has 0 aromatic heterocycles. The molecule has 1 aliphatic rings. The minimum atomic E-state index is -0.377. The van der Waals surface area contributed by atoms with E-state index in [0.717, 1.165) is 5.56 Å². The Morgan fingerprint density at radius 3 is 2.81 bits per heavy atom. The van der Waals surface area contributed by atoms with Crippen molar-refractivity contribution in [1.29, 1.82) is 0 Å². The van der Waals surface area contributed by atoms with E-state index >= 15 is 0 Å². The Bertz CT molecular complexity index is 403. The van der Waals surface area contributed by atoms with Gasteiger partial charge in [-0.3, -0.25) is 4.79 Å². The fraction of sp³-hybridized carbons (Fsp3) is 0.273. The first-order chi connectivity index (χ1) is 7.81. The molecule has 1 aliphatic heterocycles. The molecule has 1 N–H and O–H groups in total. The summed E-state index contributed by atoms with van der Waals surface area (Å²) in [5.41, 5.74) is 1.04. The van der Waals surface area contributed by atoms with Gasteiger partial charge in [0.2, 0.25) is 0 Å². The molecule has 0 aliphatic carbocycles. The van der Waals surface area contributed by atoms with E-state index in [0.29, 0.717) is 19.7 Å². The summed E-state index contributed by atoms with van der Waals surface area (Å²) in [7, 11) is 0.